The van der Waals surface area contributed by atoms with Crippen LogP contribution in [-0.2, 0) is 11.2 Å². The Kier molecular flexibility index (Phi) is 6.03. The van der Waals surface area contributed by atoms with Gasteiger partial charge in [0.2, 0.25) is 5.91 Å². The van der Waals surface area contributed by atoms with Crippen molar-refractivity contribution < 1.29 is 9.53 Å². The molecule has 1 N–H and O–H groups in total. The number of amides is 1. The molecule has 0 unspecified atom stereocenters. The van der Waals surface area contributed by atoms with Gasteiger partial charge < -0.3 is 15.0 Å². The van der Waals surface area contributed by atoms with Crippen LogP contribution in [0, 0.1) is 0 Å². The minimum absolute atomic E-state index is 0.0224. The number of rotatable bonds is 7. The third-order valence-corrected chi connectivity index (χ3v) is 3.80. The second kappa shape index (κ2) is 8.22. The van der Waals surface area contributed by atoms with Crippen LogP contribution in [0.3, 0.4) is 0 Å². The van der Waals surface area contributed by atoms with Crippen molar-refractivity contribution in [1.29, 1.82) is 0 Å². The van der Waals surface area contributed by atoms with Gasteiger partial charge in [-0.25, -0.2) is 0 Å². The van der Waals surface area contributed by atoms with Gasteiger partial charge in [0.25, 0.3) is 0 Å². The van der Waals surface area contributed by atoms with Gasteiger partial charge in [-0.15, -0.1) is 0 Å². The smallest absolute Gasteiger partial charge is 0.228 e. The zero-order chi connectivity index (χ0) is 16.7. The van der Waals surface area contributed by atoms with Gasteiger partial charge in [0.05, 0.1) is 13.5 Å². The highest BCUT2D eigenvalue weighted by Crippen LogP contribution is 2.18. The van der Waals surface area contributed by atoms with Crippen LogP contribution in [0.15, 0.2) is 48.5 Å². The first kappa shape index (κ1) is 16.9. The molecule has 0 bridgehead atoms. The third kappa shape index (κ3) is 4.74. The topological polar surface area (TPSA) is 41.6 Å². The number of anilines is 2. The zero-order valence-electron chi connectivity index (χ0n) is 14.0. The number of methoxy groups -OCH3 is 1. The summed E-state index contributed by atoms with van der Waals surface area (Å²) in [5.41, 5.74) is 2.95. The van der Waals surface area contributed by atoms with Gasteiger partial charge in [-0.05, 0) is 55.8 Å². The maximum Gasteiger partial charge on any atom is 0.228 e. The maximum absolute atomic E-state index is 12.1. The molecule has 2 aromatic carbocycles. The highest BCUT2D eigenvalue weighted by molar-refractivity contribution is 5.92. The molecule has 0 aliphatic carbocycles. The van der Waals surface area contributed by atoms with Gasteiger partial charge in [0, 0.05) is 24.5 Å². The number of nitrogens with one attached hydrogen (secondary N) is 1. The Labute approximate surface area is 138 Å². The van der Waals surface area contributed by atoms with Crippen LogP contribution in [0.5, 0.6) is 5.75 Å². The van der Waals surface area contributed by atoms with Crippen molar-refractivity contribution in [1.82, 2.24) is 0 Å². The van der Waals surface area contributed by atoms with Gasteiger partial charge in [0.15, 0.2) is 0 Å². The SMILES string of the molecule is CCN(CC)c1ccc(NC(=O)Cc2ccc(OC)cc2)cc1. The lowest BCUT2D eigenvalue weighted by molar-refractivity contribution is -0.115. The summed E-state index contributed by atoms with van der Waals surface area (Å²) in [6, 6.07) is 15.5. The molecule has 0 aromatic heterocycles. The van der Waals surface area contributed by atoms with E-state index in [1.165, 1.54) is 5.69 Å². The molecule has 0 fully saturated rings. The van der Waals surface area contributed by atoms with E-state index in [0.717, 1.165) is 30.1 Å². The van der Waals surface area contributed by atoms with E-state index in [2.05, 4.69) is 24.1 Å². The van der Waals surface area contributed by atoms with Crippen LogP contribution in [0.1, 0.15) is 19.4 Å². The lowest BCUT2D eigenvalue weighted by atomic mass is 10.1. The number of hydrogen-bond donors (Lipinski definition) is 1. The summed E-state index contributed by atoms with van der Waals surface area (Å²) in [4.78, 5) is 14.4. The molecule has 122 valence electrons. The molecular formula is C19H24N2O2. The normalized spacial score (nSPS) is 10.2. The van der Waals surface area contributed by atoms with Crippen LogP contribution in [0.25, 0.3) is 0 Å². The molecular weight excluding hydrogens is 288 g/mol. The highest BCUT2D eigenvalue weighted by atomic mass is 16.5. The van der Waals surface area contributed by atoms with E-state index in [1.54, 1.807) is 7.11 Å². The second-order valence-electron chi connectivity index (χ2n) is 5.29. The molecule has 0 spiro atoms. The summed E-state index contributed by atoms with van der Waals surface area (Å²) in [6.07, 6.45) is 0.349. The van der Waals surface area contributed by atoms with Crippen LogP contribution in [-0.4, -0.2) is 26.1 Å². The van der Waals surface area contributed by atoms with Crippen molar-refractivity contribution in [2.24, 2.45) is 0 Å². The fraction of sp³-hybridized carbons (Fsp3) is 0.316. The number of nitrogens with zero attached hydrogens (tertiary/aromatic N) is 1. The van der Waals surface area contributed by atoms with Crippen LogP contribution < -0.4 is 15.0 Å². The number of ether oxygens (including phenoxy) is 1. The predicted molar refractivity (Wildman–Crippen MR) is 95.3 cm³/mol. The molecule has 1 amide bonds. The summed E-state index contributed by atoms with van der Waals surface area (Å²) in [6.45, 7) is 6.21. The average molecular weight is 312 g/mol. The quantitative estimate of drug-likeness (QED) is 0.847. The van der Waals surface area contributed by atoms with Crippen molar-refractivity contribution in [2.75, 3.05) is 30.4 Å². The Bertz CT molecular complexity index is 617. The maximum atomic E-state index is 12.1. The number of hydrogen-bond acceptors (Lipinski definition) is 3. The average Bonchev–Trinajstić information content (AvgIpc) is 2.58. The van der Waals surface area contributed by atoms with E-state index in [9.17, 15) is 4.79 Å². The molecule has 2 rings (SSSR count). The monoisotopic (exact) mass is 312 g/mol. The van der Waals surface area contributed by atoms with Crippen molar-refractivity contribution >= 4 is 17.3 Å². The van der Waals surface area contributed by atoms with Crippen molar-refractivity contribution in [2.45, 2.75) is 20.3 Å². The lowest BCUT2D eigenvalue weighted by Crippen LogP contribution is -2.21. The first-order valence-electron chi connectivity index (χ1n) is 7.94. The Morgan fingerprint density at radius 3 is 2.13 bits per heavy atom. The summed E-state index contributed by atoms with van der Waals surface area (Å²) >= 11 is 0. The first-order valence-corrected chi connectivity index (χ1v) is 7.94. The molecule has 0 saturated heterocycles. The van der Waals surface area contributed by atoms with E-state index in [-0.39, 0.29) is 5.91 Å². The summed E-state index contributed by atoms with van der Waals surface area (Å²) < 4.78 is 5.11. The molecule has 23 heavy (non-hydrogen) atoms. The molecule has 0 heterocycles. The van der Waals surface area contributed by atoms with E-state index < -0.39 is 0 Å². The minimum Gasteiger partial charge on any atom is -0.497 e. The van der Waals surface area contributed by atoms with E-state index >= 15 is 0 Å². The summed E-state index contributed by atoms with van der Waals surface area (Å²) in [5.74, 6) is 0.770. The van der Waals surface area contributed by atoms with Gasteiger partial charge in [0.1, 0.15) is 5.75 Å². The summed E-state index contributed by atoms with van der Waals surface area (Å²) in [7, 11) is 1.63. The van der Waals surface area contributed by atoms with Crippen molar-refractivity contribution in [3.8, 4) is 5.75 Å². The fourth-order valence-electron chi connectivity index (χ4n) is 2.48. The van der Waals surface area contributed by atoms with Crippen molar-refractivity contribution in [3.63, 3.8) is 0 Å². The van der Waals surface area contributed by atoms with Gasteiger partial charge in [-0.1, -0.05) is 12.1 Å². The molecule has 0 saturated carbocycles. The largest absolute Gasteiger partial charge is 0.497 e. The van der Waals surface area contributed by atoms with Crippen LogP contribution in [0.2, 0.25) is 0 Å². The Morgan fingerprint density at radius 1 is 1.00 bits per heavy atom. The molecule has 2 aromatic rings. The number of benzene rings is 2. The summed E-state index contributed by atoms with van der Waals surface area (Å²) in [5, 5.41) is 2.93. The van der Waals surface area contributed by atoms with Gasteiger partial charge in [-0.2, -0.15) is 0 Å². The molecule has 0 aliphatic heterocycles. The Hall–Kier alpha value is -2.49. The lowest BCUT2D eigenvalue weighted by Gasteiger charge is -2.21. The zero-order valence-corrected chi connectivity index (χ0v) is 14.0. The standard InChI is InChI=1S/C19H24N2O2/c1-4-21(5-2)17-10-8-16(9-11-17)20-19(22)14-15-6-12-18(23-3)13-7-15/h6-13H,4-5,14H2,1-3H3,(H,20,22). The molecule has 0 radical (unpaired) electrons. The highest BCUT2D eigenvalue weighted by Gasteiger charge is 2.06. The third-order valence-electron chi connectivity index (χ3n) is 3.80. The second-order valence-corrected chi connectivity index (χ2v) is 5.29. The van der Waals surface area contributed by atoms with Crippen LogP contribution in [0.4, 0.5) is 11.4 Å². The van der Waals surface area contributed by atoms with E-state index in [4.69, 9.17) is 4.74 Å². The molecule has 0 atom stereocenters. The van der Waals surface area contributed by atoms with Gasteiger partial charge in [-0.3, -0.25) is 4.79 Å². The molecule has 4 nitrogen and oxygen atoms in total. The van der Waals surface area contributed by atoms with Crippen molar-refractivity contribution in [3.05, 3.63) is 54.1 Å². The Morgan fingerprint density at radius 2 is 1.61 bits per heavy atom. The van der Waals surface area contributed by atoms with E-state index in [1.807, 2.05) is 48.5 Å². The molecule has 0 aliphatic rings. The van der Waals surface area contributed by atoms with Crippen LogP contribution >= 0.6 is 0 Å². The minimum atomic E-state index is -0.0224. The van der Waals surface area contributed by atoms with Gasteiger partial charge >= 0.3 is 0 Å². The molecule has 4 heteroatoms. The number of carbonyl (C=O) groups excluding carboxylic acids is 1. The fourth-order valence-corrected chi connectivity index (χ4v) is 2.48. The first-order chi connectivity index (χ1) is 11.2. The predicted octanol–water partition coefficient (Wildman–Crippen LogP) is 3.72. The number of carbonyl (C=O) groups is 1. The van der Waals surface area contributed by atoms with E-state index in [0.29, 0.717) is 6.42 Å². The Balaban J connectivity index is 1.94.